The third-order valence-corrected chi connectivity index (χ3v) is 5.52. The van der Waals surface area contributed by atoms with E-state index in [4.69, 9.17) is 44.9 Å². The topological polar surface area (TPSA) is 21.7 Å². The van der Waals surface area contributed by atoms with Crippen LogP contribution in [-0.4, -0.2) is 29.6 Å². The molecule has 0 bridgehead atoms. The highest BCUT2D eigenvalue weighted by Crippen LogP contribution is 2.32. The van der Waals surface area contributed by atoms with E-state index in [9.17, 15) is 0 Å². The number of hydrogen-bond acceptors (Lipinski definition) is 3. The highest BCUT2D eigenvalue weighted by atomic mass is 35.5. The van der Waals surface area contributed by atoms with Gasteiger partial charge in [0, 0.05) is 34.3 Å². The Labute approximate surface area is 169 Å². The Hall–Kier alpha value is -1.49. The van der Waals surface area contributed by atoms with Crippen LogP contribution in [-0.2, 0) is 6.61 Å². The summed E-state index contributed by atoms with van der Waals surface area (Å²) in [6.07, 6.45) is 2.39. The Balaban J connectivity index is 1.79. The van der Waals surface area contributed by atoms with Crippen LogP contribution in [0.1, 0.15) is 30.9 Å². The molecule has 0 saturated carbocycles. The molecule has 1 fully saturated rings. The van der Waals surface area contributed by atoms with Crippen LogP contribution < -0.4 is 9.47 Å². The Morgan fingerprint density at radius 3 is 2.38 bits per heavy atom. The number of hydrogen-bond donors (Lipinski definition) is 0. The quantitative estimate of drug-likeness (QED) is 0.566. The molecule has 0 atom stereocenters. The number of halogens is 2. The number of rotatable bonds is 6. The van der Waals surface area contributed by atoms with Gasteiger partial charge in [-0.15, -0.1) is 0 Å². The summed E-state index contributed by atoms with van der Waals surface area (Å²) in [4.78, 5) is 3.11. The van der Waals surface area contributed by atoms with E-state index in [0.29, 0.717) is 28.2 Å². The normalized spacial score (nSPS) is 13.7. The van der Waals surface area contributed by atoms with Crippen molar-refractivity contribution in [3.05, 3.63) is 57.6 Å². The second-order valence-corrected chi connectivity index (χ2v) is 7.28. The average Bonchev–Trinajstić information content (AvgIpc) is 3.16. The maximum Gasteiger partial charge on any atom is 0.161 e. The van der Waals surface area contributed by atoms with Gasteiger partial charge in [-0.25, -0.2) is 0 Å². The van der Waals surface area contributed by atoms with E-state index in [2.05, 4.69) is 4.90 Å². The van der Waals surface area contributed by atoms with E-state index in [0.717, 1.165) is 29.2 Å². The lowest BCUT2D eigenvalue weighted by Crippen LogP contribution is -2.26. The zero-order valence-corrected chi connectivity index (χ0v) is 17.0. The Morgan fingerprint density at radius 1 is 1.04 bits per heavy atom. The molecular weight excluding hydrogens is 389 g/mol. The van der Waals surface area contributed by atoms with E-state index in [-0.39, 0.29) is 6.61 Å². The molecule has 0 radical (unpaired) electrons. The fourth-order valence-electron chi connectivity index (χ4n) is 2.95. The van der Waals surface area contributed by atoms with Crippen molar-refractivity contribution >= 4 is 40.4 Å². The highest BCUT2D eigenvalue weighted by molar-refractivity contribution is 7.80. The number of likely N-dealkylation sites (tertiary alicyclic amines) is 1. The summed E-state index contributed by atoms with van der Waals surface area (Å²) in [5, 5.41) is 1.17. The van der Waals surface area contributed by atoms with Gasteiger partial charge in [-0.1, -0.05) is 41.5 Å². The lowest BCUT2D eigenvalue weighted by molar-refractivity contribution is 0.269. The van der Waals surface area contributed by atoms with Gasteiger partial charge in [0.25, 0.3) is 0 Å². The highest BCUT2D eigenvalue weighted by Gasteiger charge is 2.18. The fourth-order valence-corrected chi connectivity index (χ4v) is 3.77. The largest absolute Gasteiger partial charge is 0.490 e. The van der Waals surface area contributed by atoms with Crippen LogP contribution in [0.15, 0.2) is 36.4 Å². The molecule has 1 heterocycles. The maximum atomic E-state index is 6.22. The molecular formula is C20H21Cl2NO2S. The first-order valence-corrected chi connectivity index (χ1v) is 9.88. The lowest BCUT2D eigenvalue weighted by Gasteiger charge is -2.20. The molecule has 0 spiro atoms. The van der Waals surface area contributed by atoms with Gasteiger partial charge in [0.15, 0.2) is 11.5 Å². The van der Waals surface area contributed by atoms with Gasteiger partial charge in [-0.3, -0.25) is 0 Å². The van der Waals surface area contributed by atoms with E-state index in [1.807, 2.05) is 31.2 Å². The zero-order chi connectivity index (χ0) is 18.5. The summed E-state index contributed by atoms with van der Waals surface area (Å²) < 4.78 is 11.7. The summed E-state index contributed by atoms with van der Waals surface area (Å²) in [7, 11) is 0. The van der Waals surface area contributed by atoms with Crippen molar-refractivity contribution in [2.75, 3.05) is 19.7 Å². The predicted octanol–water partition coefficient (Wildman–Crippen LogP) is 5.74. The second kappa shape index (κ2) is 8.94. The SMILES string of the molecule is CCOc1cc(C(=S)N2CCCC2)ccc1OCc1c(Cl)cccc1Cl. The number of ether oxygens (including phenoxy) is 2. The minimum Gasteiger partial charge on any atom is -0.490 e. The third-order valence-electron chi connectivity index (χ3n) is 4.32. The van der Waals surface area contributed by atoms with Crippen LogP contribution in [0.4, 0.5) is 0 Å². The lowest BCUT2D eigenvalue weighted by atomic mass is 10.2. The summed E-state index contributed by atoms with van der Waals surface area (Å²) >= 11 is 18.1. The summed E-state index contributed by atoms with van der Waals surface area (Å²) in [5.74, 6) is 1.32. The van der Waals surface area contributed by atoms with Crippen molar-refractivity contribution in [3.8, 4) is 11.5 Å². The molecule has 0 amide bonds. The minimum atomic E-state index is 0.272. The fraction of sp³-hybridized carbons (Fsp3) is 0.350. The van der Waals surface area contributed by atoms with E-state index in [1.54, 1.807) is 12.1 Å². The van der Waals surface area contributed by atoms with Gasteiger partial charge >= 0.3 is 0 Å². The molecule has 3 rings (SSSR count). The van der Waals surface area contributed by atoms with Crippen molar-refractivity contribution in [1.82, 2.24) is 4.90 Å². The molecule has 6 heteroatoms. The number of benzene rings is 2. The molecule has 3 nitrogen and oxygen atoms in total. The first-order valence-electron chi connectivity index (χ1n) is 8.72. The van der Waals surface area contributed by atoms with Gasteiger partial charge in [0.05, 0.1) is 6.61 Å². The number of nitrogens with zero attached hydrogens (tertiary/aromatic N) is 1. The van der Waals surface area contributed by atoms with Gasteiger partial charge in [0.2, 0.25) is 0 Å². The molecule has 0 aliphatic carbocycles. The summed E-state index contributed by atoms with van der Waals surface area (Å²) in [6.45, 7) is 4.80. The number of thiocarbonyl (C=S) groups is 1. The van der Waals surface area contributed by atoms with E-state index in [1.165, 1.54) is 12.8 Å². The average molecular weight is 410 g/mol. The van der Waals surface area contributed by atoms with Crippen molar-refractivity contribution in [1.29, 1.82) is 0 Å². The molecule has 2 aromatic rings. The van der Waals surface area contributed by atoms with Crippen LogP contribution in [0.25, 0.3) is 0 Å². The molecule has 1 saturated heterocycles. The van der Waals surface area contributed by atoms with Crippen molar-refractivity contribution in [2.24, 2.45) is 0 Å². The summed E-state index contributed by atoms with van der Waals surface area (Å²) in [6, 6.07) is 11.2. The van der Waals surface area contributed by atoms with Gasteiger partial charge < -0.3 is 14.4 Å². The van der Waals surface area contributed by atoms with Gasteiger partial charge in [0.1, 0.15) is 11.6 Å². The Bertz CT molecular complexity index is 771. The molecule has 0 aromatic heterocycles. The molecule has 138 valence electrons. The molecule has 1 aliphatic rings. The van der Waals surface area contributed by atoms with E-state index >= 15 is 0 Å². The van der Waals surface area contributed by atoms with Crippen LogP contribution >= 0.6 is 35.4 Å². The Kier molecular flexibility index (Phi) is 6.63. The summed E-state index contributed by atoms with van der Waals surface area (Å²) in [5.41, 5.74) is 1.74. The van der Waals surface area contributed by atoms with Gasteiger partial charge in [-0.05, 0) is 50.1 Å². The van der Waals surface area contributed by atoms with Crippen LogP contribution in [0.3, 0.4) is 0 Å². The molecule has 0 N–H and O–H groups in total. The molecule has 0 unspecified atom stereocenters. The smallest absolute Gasteiger partial charge is 0.161 e. The van der Waals surface area contributed by atoms with Crippen molar-refractivity contribution in [2.45, 2.75) is 26.4 Å². The van der Waals surface area contributed by atoms with E-state index < -0.39 is 0 Å². The molecule has 1 aliphatic heterocycles. The molecule has 26 heavy (non-hydrogen) atoms. The molecule has 2 aromatic carbocycles. The maximum absolute atomic E-state index is 6.22. The standard InChI is InChI=1S/C20H21Cl2NO2S/c1-2-24-19-12-14(20(26)23-10-3-4-11-23)8-9-18(19)25-13-15-16(21)6-5-7-17(15)22/h5-9,12H,2-4,10-11,13H2,1H3. The first-order chi connectivity index (χ1) is 12.6. The van der Waals surface area contributed by atoms with Crippen LogP contribution in [0.5, 0.6) is 11.5 Å². The minimum absolute atomic E-state index is 0.272. The predicted molar refractivity (Wildman–Crippen MR) is 111 cm³/mol. The van der Waals surface area contributed by atoms with Gasteiger partial charge in [-0.2, -0.15) is 0 Å². The monoisotopic (exact) mass is 409 g/mol. The van der Waals surface area contributed by atoms with Crippen LogP contribution in [0.2, 0.25) is 10.0 Å². The zero-order valence-electron chi connectivity index (χ0n) is 14.6. The van der Waals surface area contributed by atoms with Crippen LogP contribution in [0, 0.1) is 0 Å². The first kappa shape index (κ1) is 19.3. The van der Waals surface area contributed by atoms with Crippen molar-refractivity contribution in [3.63, 3.8) is 0 Å². The Morgan fingerprint density at radius 2 is 1.73 bits per heavy atom. The van der Waals surface area contributed by atoms with Crippen molar-refractivity contribution < 1.29 is 9.47 Å². The second-order valence-electron chi connectivity index (χ2n) is 6.08. The third kappa shape index (κ3) is 4.43.